The Hall–Kier alpha value is -3.34. The van der Waals surface area contributed by atoms with E-state index in [2.05, 4.69) is 10.3 Å². The van der Waals surface area contributed by atoms with E-state index in [0.29, 0.717) is 12.1 Å². The van der Waals surface area contributed by atoms with Crippen molar-refractivity contribution < 1.29 is 9.21 Å². The van der Waals surface area contributed by atoms with Crippen molar-refractivity contribution >= 4 is 16.9 Å². The van der Waals surface area contributed by atoms with Crippen LogP contribution in [0.1, 0.15) is 21.9 Å². The second kappa shape index (κ2) is 6.52. The number of hydrogen-bond donors (Lipinski definition) is 1. The van der Waals surface area contributed by atoms with Crippen molar-refractivity contribution in [2.45, 2.75) is 13.5 Å². The van der Waals surface area contributed by atoms with E-state index < -0.39 is 0 Å². The van der Waals surface area contributed by atoms with E-state index in [1.807, 2.05) is 67.1 Å². The zero-order chi connectivity index (χ0) is 18.1. The number of carbonyl (C=O) groups excluding carboxylic acids is 1. The van der Waals surface area contributed by atoms with Crippen LogP contribution in [0, 0.1) is 6.92 Å². The predicted molar refractivity (Wildman–Crippen MR) is 101 cm³/mol. The number of para-hydroxylation sites is 2. The number of hydrogen-bond acceptors (Lipinski definition) is 3. The van der Waals surface area contributed by atoms with Gasteiger partial charge in [0.25, 0.3) is 5.91 Å². The molecular weight excluding hydrogens is 326 g/mol. The van der Waals surface area contributed by atoms with Crippen LogP contribution in [0.2, 0.25) is 0 Å². The third-order valence-corrected chi connectivity index (χ3v) is 4.46. The molecule has 0 fully saturated rings. The van der Waals surface area contributed by atoms with Crippen LogP contribution in [-0.2, 0) is 13.6 Å². The molecule has 0 bridgehead atoms. The Morgan fingerprint density at radius 2 is 1.85 bits per heavy atom. The van der Waals surface area contributed by atoms with Gasteiger partial charge in [0.05, 0.1) is 17.6 Å². The lowest BCUT2D eigenvalue weighted by molar-refractivity contribution is 0.0949. The van der Waals surface area contributed by atoms with Gasteiger partial charge >= 0.3 is 0 Å². The Balaban J connectivity index is 1.47. The van der Waals surface area contributed by atoms with Gasteiger partial charge in [-0.1, -0.05) is 24.3 Å². The van der Waals surface area contributed by atoms with Crippen molar-refractivity contribution in [2.75, 3.05) is 0 Å². The molecule has 5 nitrogen and oxygen atoms in total. The monoisotopic (exact) mass is 345 g/mol. The Bertz CT molecular complexity index is 1070. The second-order valence-corrected chi connectivity index (χ2v) is 6.25. The van der Waals surface area contributed by atoms with Gasteiger partial charge in [0, 0.05) is 18.2 Å². The molecule has 0 aliphatic rings. The van der Waals surface area contributed by atoms with Crippen LogP contribution < -0.4 is 5.32 Å². The van der Waals surface area contributed by atoms with Crippen LogP contribution in [0.5, 0.6) is 0 Å². The van der Waals surface area contributed by atoms with Gasteiger partial charge in [-0.2, -0.15) is 0 Å². The van der Waals surface area contributed by atoms with E-state index in [4.69, 9.17) is 4.42 Å². The lowest BCUT2D eigenvalue weighted by atomic mass is 10.1. The molecule has 0 atom stereocenters. The fraction of sp³-hybridized carbons (Fsp3) is 0.143. The van der Waals surface area contributed by atoms with Gasteiger partial charge in [-0.25, -0.2) is 4.98 Å². The molecule has 0 saturated carbocycles. The highest BCUT2D eigenvalue weighted by atomic mass is 16.3. The minimum Gasteiger partial charge on any atom is -0.461 e. The number of nitrogens with zero attached hydrogens (tertiary/aromatic N) is 2. The summed E-state index contributed by atoms with van der Waals surface area (Å²) in [5, 5.41) is 2.93. The third kappa shape index (κ3) is 2.99. The van der Waals surface area contributed by atoms with E-state index in [1.54, 1.807) is 12.1 Å². The molecule has 2 aromatic carbocycles. The number of carbonyl (C=O) groups is 1. The van der Waals surface area contributed by atoms with Gasteiger partial charge in [0.15, 0.2) is 0 Å². The zero-order valence-corrected chi connectivity index (χ0v) is 14.7. The number of nitrogens with one attached hydrogen (secondary N) is 1. The van der Waals surface area contributed by atoms with Crippen molar-refractivity contribution in [1.29, 1.82) is 0 Å². The minimum absolute atomic E-state index is 0.126. The standard InChI is InChI=1S/C21H19N3O2/c1-14-7-12-19(26-14)15-8-10-16(11-9-15)21(25)22-13-20-23-17-5-3-4-6-18(17)24(20)2/h3-12H,13H2,1-2H3,(H,22,25). The summed E-state index contributed by atoms with van der Waals surface area (Å²) in [4.78, 5) is 17.0. The van der Waals surface area contributed by atoms with Crippen molar-refractivity contribution in [3.8, 4) is 11.3 Å². The van der Waals surface area contributed by atoms with E-state index >= 15 is 0 Å². The average molecular weight is 345 g/mol. The van der Waals surface area contributed by atoms with E-state index in [9.17, 15) is 4.79 Å². The molecule has 0 unspecified atom stereocenters. The lowest BCUT2D eigenvalue weighted by Crippen LogP contribution is -2.24. The van der Waals surface area contributed by atoms with Crippen LogP contribution in [0.25, 0.3) is 22.4 Å². The maximum Gasteiger partial charge on any atom is 0.251 e. The summed E-state index contributed by atoms with van der Waals surface area (Å²) >= 11 is 0. The first-order valence-electron chi connectivity index (χ1n) is 8.47. The van der Waals surface area contributed by atoms with Crippen LogP contribution in [0.3, 0.4) is 0 Å². The van der Waals surface area contributed by atoms with Crippen molar-refractivity contribution in [3.05, 3.63) is 77.8 Å². The van der Waals surface area contributed by atoms with E-state index in [-0.39, 0.29) is 5.91 Å². The number of amides is 1. The highest BCUT2D eigenvalue weighted by molar-refractivity contribution is 5.94. The quantitative estimate of drug-likeness (QED) is 0.606. The van der Waals surface area contributed by atoms with Gasteiger partial charge in [-0.05, 0) is 43.3 Å². The smallest absolute Gasteiger partial charge is 0.251 e. The van der Waals surface area contributed by atoms with Crippen LogP contribution in [0.4, 0.5) is 0 Å². The first-order chi connectivity index (χ1) is 12.6. The highest BCUT2D eigenvalue weighted by Gasteiger charge is 2.11. The average Bonchev–Trinajstić information content (AvgIpc) is 3.24. The van der Waals surface area contributed by atoms with Gasteiger partial charge in [-0.15, -0.1) is 0 Å². The van der Waals surface area contributed by atoms with Gasteiger partial charge in [0.2, 0.25) is 0 Å². The summed E-state index contributed by atoms with van der Waals surface area (Å²) in [7, 11) is 1.96. The molecule has 0 saturated heterocycles. The number of benzene rings is 2. The molecule has 0 aliphatic carbocycles. The zero-order valence-electron chi connectivity index (χ0n) is 14.7. The molecule has 0 aliphatic heterocycles. The molecule has 5 heteroatoms. The Labute approximate surface area is 151 Å². The molecule has 4 rings (SSSR count). The summed E-state index contributed by atoms with van der Waals surface area (Å²) < 4.78 is 7.60. The van der Waals surface area contributed by atoms with Crippen LogP contribution >= 0.6 is 0 Å². The minimum atomic E-state index is -0.126. The van der Waals surface area contributed by atoms with Gasteiger partial charge in [-0.3, -0.25) is 4.79 Å². The molecule has 2 heterocycles. The number of furan rings is 1. The number of aryl methyl sites for hydroxylation is 2. The molecule has 2 aromatic heterocycles. The molecule has 26 heavy (non-hydrogen) atoms. The Kier molecular flexibility index (Phi) is 4.05. The second-order valence-electron chi connectivity index (χ2n) is 6.25. The largest absolute Gasteiger partial charge is 0.461 e. The van der Waals surface area contributed by atoms with Crippen molar-refractivity contribution in [1.82, 2.24) is 14.9 Å². The Morgan fingerprint density at radius 1 is 1.08 bits per heavy atom. The van der Waals surface area contributed by atoms with Gasteiger partial charge < -0.3 is 14.3 Å². The first kappa shape index (κ1) is 16.1. The normalized spacial score (nSPS) is 11.0. The number of imidazole rings is 1. The third-order valence-electron chi connectivity index (χ3n) is 4.46. The van der Waals surface area contributed by atoms with E-state index in [0.717, 1.165) is 33.9 Å². The van der Waals surface area contributed by atoms with Crippen LogP contribution in [-0.4, -0.2) is 15.5 Å². The van der Waals surface area contributed by atoms with Crippen LogP contribution in [0.15, 0.2) is 65.1 Å². The summed E-state index contributed by atoms with van der Waals surface area (Å²) in [6.45, 7) is 2.29. The number of aromatic nitrogens is 2. The predicted octanol–water partition coefficient (Wildman–Crippen LogP) is 4.07. The fourth-order valence-corrected chi connectivity index (χ4v) is 2.99. The summed E-state index contributed by atoms with van der Waals surface area (Å²) in [5.41, 5.74) is 3.54. The highest BCUT2D eigenvalue weighted by Crippen LogP contribution is 2.22. The first-order valence-corrected chi connectivity index (χ1v) is 8.47. The topological polar surface area (TPSA) is 60.1 Å². The molecule has 130 valence electrons. The Morgan fingerprint density at radius 3 is 2.54 bits per heavy atom. The maximum atomic E-state index is 12.4. The molecule has 1 N–H and O–H groups in total. The lowest BCUT2D eigenvalue weighted by Gasteiger charge is -2.06. The molecule has 4 aromatic rings. The summed E-state index contributed by atoms with van der Waals surface area (Å²) in [6.07, 6.45) is 0. The van der Waals surface area contributed by atoms with Gasteiger partial charge in [0.1, 0.15) is 17.3 Å². The molecular formula is C21H19N3O2. The maximum absolute atomic E-state index is 12.4. The van der Waals surface area contributed by atoms with Crippen molar-refractivity contribution in [3.63, 3.8) is 0 Å². The SMILES string of the molecule is Cc1ccc(-c2ccc(C(=O)NCc3nc4ccccc4n3C)cc2)o1. The summed E-state index contributed by atoms with van der Waals surface area (Å²) in [5.74, 6) is 2.36. The molecule has 0 spiro atoms. The number of fused-ring (bicyclic) bond motifs is 1. The number of rotatable bonds is 4. The fourth-order valence-electron chi connectivity index (χ4n) is 2.99. The molecule has 0 radical (unpaired) electrons. The molecule has 1 amide bonds. The van der Waals surface area contributed by atoms with Crippen molar-refractivity contribution in [2.24, 2.45) is 7.05 Å². The summed E-state index contributed by atoms with van der Waals surface area (Å²) in [6, 6.07) is 19.2. The van der Waals surface area contributed by atoms with E-state index in [1.165, 1.54) is 0 Å².